The number of thioether (sulfide) groups is 1. The van der Waals surface area contributed by atoms with Gasteiger partial charge in [-0.1, -0.05) is 24.6 Å². The molecule has 2 atom stereocenters. The van der Waals surface area contributed by atoms with Crippen molar-refractivity contribution in [1.29, 1.82) is 0 Å². The summed E-state index contributed by atoms with van der Waals surface area (Å²) >= 11 is 1.39. The lowest BCUT2D eigenvalue weighted by molar-refractivity contribution is 0.260. The normalized spacial score (nSPS) is 19.7. The molecule has 146 valence electrons. The number of nitrogens with zero attached hydrogens (tertiary/aromatic N) is 4. The van der Waals surface area contributed by atoms with E-state index in [-0.39, 0.29) is 22.1 Å². The molecule has 2 aromatic heterocycles. The van der Waals surface area contributed by atoms with Gasteiger partial charge in [0.15, 0.2) is 0 Å². The van der Waals surface area contributed by atoms with Crippen LogP contribution in [-0.2, 0) is 7.05 Å². The van der Waals surface area contributed by atoms with Crippen LogP contribution in [0.4, 0.5) is 8.78 Å². The highest BCUT2D eigenvalue weighted by Crippen LogP contribution is 2.37. The molecular weight excluding hydrogens is 382 g/mol. The maximum absolute atomic E-state index is 14.6. The summed E-state index contributed by atoms with van der Waals surface area (Å²) < 4.78 is 30.2. The first-order valence-corrected chi connectivity index (χ1v) is 10.1. The fourth-order valence-corrected chi connectivity index (χ4v) is 4.53. The maximum atomic E-state index is 14.6. The molecule has 0 saturated heterocycles. The van der Waals surface area contributed by atoms with Crippen LogP contribution in [0.1, 0.15) is 25.7 Å². The number of aryl methyl sites for hydroxylation is 1. The number of rotatable bonds is 4. The molecule has 2 heterocycles. The lowest BCUT2D eigenvalue weighted by Gasteiger charge is -2.24. The second-order valence-corrected chi connectivity index (χ2v) is 8.22. The van der Waals surface area contributed by atoms with E-state index in [1.807, 2.05) is 0 Å². The van der Waals surface area contributed by atoms with Crippen LogP contribution in [0.25, 0.3) is 22.4 Å². The summed E-state index contributed by atoms with van der Waals surface area (Å²) in [6.45, 7) is 0. The summed E-state index contributed by atoms with van der Waals surface area (Å²) in [5, 5.41) is 23.2. The Morgan fingerprint density at radius 2 is 1.96 bits per heavy atom. The van der Waals surface area contributed by atoms with Crippen molar-refractivity contribution in [2.24, 2.45) is 7.05 Å². The van der Waals surface area contributed by atoms with Gasteiger partial charge in [-0.2, -0.15) is 5.10 Å². The second kappa shape index (κ2) is 7.87. The van der Waals surface area contributed by atoms with E-state index in [1.165, 1.54) is 30.1 Å². The molecule has 0 bridgehead atoms. The third-order valence-corrected chi connectivity index (χ3v) is 6.20. The van der Waals surface area contributed by atoms with E-state index in [9.17, 15) is 13.9 Å². The molecule has 0 spiro atoms. The van der Waals surface area contributed by atoms with E-state index in [0.717, 1.165) is 19.3 Å². The van der Waals surface area contributed by atoms with Crippen LogP contribution in [0.3, 0.4) is 0 Å². The zero-order valence-corrected chi connectivity index (χ0v) is 16.2. The average molecular weight is 402 g/mol. The van der Waals surface area contributed by atoms with Gasteiger partial charge in [-0.15, -0.1) is 10.2 Å². The molecule has 4 rings (SSSR count). The van der Waals surface area contributed by atoms with Crippen LogP contribution in [-0.4, -0.2) is 36.5 Å². The Hall–Kier alpha value is -2.48. The molecule has 0 aliphatic heterocycles. The molecule has 1 saturated carbocycles. The quantitative estimate of drug-likeness (QED) is 0.682. The van der Waals surface area contributed by atoms with Crippen LogP contribution in [0, 0.1) is 5.82 Å². The van der Waals surface area contributed by atoms with Crippen molar-refractivity contribution in [1.82, 2.24) is 20.0 Å². The summed E-state index contributed by atoms with van der Waals surface area (Å²) in [5.41, 5.74) is 1.46. The summed E-state index contributed by atoms with van der Waals surface area (Å²) in [6.07, 6.45) is 5.78. The zero-order valence-electron chi connectivity index (χ0n) is 15.3. The molecule has 8 heteroatoms. The Morgan fingerprint density at radius 3 is 2.64 bits per heavy atom. The van der Waals surface area contributed by atoms with Gasteiger partial charge in [-0.05, 0) is 37.1 Å². The van der Waals surface area contributed by atoms with Crippen molar-refractivity contribution < 1.29 is 13.9 Å². The van der Waals surface area contributed by atoms with E-state index in [2.05, 4.69) is 15.3 Å². The first-order valence-electron chi connectivity index (χ1n) is 9.17. The minimum Gasteiger partial charge on any atom is -0.507 e. The first kappa shape index (κ1) is 18.9. The Kier molecular flexibility index (Phi) is 5.30. The number of aromatic hydroxyl groups is 1. The predicted molar refractivity (Wildman–Crippen MR) is 104 cm³/mol. The highest BCUT2D eigenvalue weighted by atomic mass is 32.2. The van der Waals surface area contributed by atoms with Crippen molar-refractivity contribution >= 4 is 11.8 Å². The maximum Gasteiger partial charge on any atom is 0.132 e. The third kappa shape index (κ3) is 3.87. The molecule has 0 amide bonds. The summed E-state index contributed by atoms with van der Waals surface area (Å²) in [6, 6.07) is 6.01. The van der Waals surface area contributed by atoms with Crippen molar-refractivity contribution in [3.05, 3.63) is 42.5 Å². The second-order valence-electron chi connectivity index (χ2n) is 6.97. The van der Waals surface area contributed by atoms with E-state index in [0.29, 0.717) is 22.7 Å². The molecular formula is C20H20F2N4OS. The van der Waals surface area contributed by atoms with Gasteiger partial charge < -0.3 is 5.11 Å². The minimum absolute atomic E-state index is 0.0916. The van der Waals surface area contributed by atoms with Gasteiger partial charge in [0.25, 0.3) is 0 Å². The number of aromatic nitrogens is 4. The van der Waals surface area contributed by atoms with Crippen molar-refractivity contribution in [2.45, 2.75) is 42.1 Å². The Morgan fingerprint density at radius 1 is 1.14 bits per heavy atom. The fraction of sp³-hybridized carbons (Fsp3) is 0.350. The molecule has 0 unspecified atom stereocenters. The van der Waals surface area contributed by atoms with Gasteiger partial charge in [0.05, 0.1) is 11.9 Å². The summed E-state index contributed by atoms with van der Waals surface area (Å²) in [5.74, 6) is -0.574. The van der Waals surface area contributed by atoms with Crippen molar-refractivity contribution in [3.63, 3.8) is 0 Å². The van der Waals surface area contributed by atoms with Crippen LogP contribution < -0.4 is 0 Å². The van der Waals surface area contributed by atoms with Gasteiger partial charge >= 0.3 is 0 Å². The first-order chi connectivity index (χ1) is 13.5. The van der Waals surface area contributed by atoms with Crippen LogP contribution >= 0.6 is 11.8 Å². The number of phenolic OH excluding ortho intramolecular Hbond substituents is 1. The number of hydrogen-bond acceptors (Lipinski definition) is 5. The number of benzene rings is 1. The Bertz CT molecular complexity index is 977. The average Bonchev–Trinajstić information content (AvgIpc) is 3.12. The number of hydrogen-bond donors (Lipinski definition) is 1. The lowest BCUT2D eigenvalue weighted by atomic mass is 9.98. The van der Waals surface area contributed by atoms with E-state index >= 15 is 0 Å². The van der Waals surface area contributed by atoms with Gasteiger partial charge in [0, 0.05) is 35.2 Å². The molecule has 1 aromatic carbocycles. The molecule has 28 heavy (non-hydrogen) atoms. The Balaban J connectivity index is 1.56. The van der Waals surface area contributed by atoms with Gasteiger partial charge in [-0.3, -0.25) is 4.68 Å². The van der Waals surface area contributed by atoms with E-state index in [1.54, 1.807) is 30.1 Å². The molecule has 5 nitrogen and oxygen atoms in total. The number of halogens is 2. The highest BCUT2D eigenvalue weighted by molar-refractivity contribution is 7.99. The molecule has 1 aliphatic rings. The predicted octanol–water partition coefficient (Wildman–Crippen LogP) is 4.76. The van der Waals surface area contributed by atoms with Crippen LogP contribution in [0.2, 0.25) is 0 Å². The standard InChI is InChI=1S/C20H20F2N4OS/c1-26-11-12(10-23-26)13-9-18(27)14(8-16(13)22)17-6-7-20(25-24-17)28-19-5-3-2-4-15(19)21/h6-11,15,19,27H,2-5H2,1H3/t15-,19+/m0/s1. The monoisotopic (exact) mass is 402 g/mol. The summed E-state index contributed by atoms with van der Waals surface area (Å²) in [7, 11) is 1.74. The molecule has 1 N–H and O–H groups in total. The van der Waals surface area contributed by atoms with Gasteiger partial charge in [0.2, 0.25) is 0 Å². The van der Waals surface area contributed by atoms with Gasteiger partial charge in [-0.25, -0.2) is 8.78 Å². The van der Waals surface area contributed by atoms with Crippen molar-refractivity contribution in [3.8, 4) is 28.1 Å². The largest absolute Gasteiger partial charge is 0.507 e. The smallest absolute Gasteiger partial charge is 0.132 e. The zero-order chi connectivity index (χ0) is 19.7. The number of alkyl halides is 1. The number of phenols is 1. The lowest BCUT2D eigenvalue weighted by Crippen LogP contribution is -2.23. The fourth-order valence-electron chi connectivity index (χ4n) is 3.41. The third-order valence-electron chi connectivity index (χ3n) is 4.91. The van der Waals surface area contributed by atoms with E-state index < -0.39 is 12.0 Å². The molecule has 0 radical (unpaired) electrons. The van der Waals surface area contributed by atoms with Gasteiger partial charge in [0.1, 0.15) is 22.8 Å². The highest BCUT2D eigenvalue weighted by Gasteiger charge is 2.26. The topological polar surface area (TPSA) is 63.8 Å². The Labute approximate surface area is 165 Å². The van der Waals surface area contributed by atoms with Crippen molar-refractivity contribution in [2.75, 3.05) is 0 Å². The molecule has 3 aromatic rings. The minimum atomic E-state index is -0.821. The van der Waals surface area contributed by atoms with Crippen LogP contribution in [0.5, 0.6) is 5.75 Å². The van der Waals surface area contributed by atoms with Crippen LogP contribution in [0.15, 0.2) is 41.7 Å². The molecule has 1 aliphatic carbocycles. The summed E-state index contributed by atoms with van der Waals surface area (Å²) in [4.78, 5) is 0. The SMILES string of the molecule is Cn1cc(-c2cc(O)c(-c3ccc(S[C@@H]4CCCC[C@@H]4F)nn3)cc2F)cn1. The van der Waals surface area contributed by atoms with E-state index in [4.69, 9.17) is 0 Å². The molecule has 1 fully saturated rings.